The molecule has 7 heteroatoms. The van der Waals surface area contributed by atoms with Gasteiger partial charge in [0.15, 0.2) is 0 Å². The Morgan fingerprint density at radius 3 is 2.24 bits per heavy atom. The first-order valence-electron chi connectivity index (χ1n) is 10.9. The van der Waals surface area contributed by atoms with Gasteiger partial charge in [0.2, 0.25) is 5.91 Å². The topological polar surface area (TPSA) is 73.1 Å². The third-order valence-corrected chi connectivity index (χ3v) is 6.72. The summed E-state index contributed by atoms with van der Waals surface area (Å²) in [6.07, 6.45) is 4.01. The number of carbonyl (C=O) groups is 2. The molecule has 0 atom stereocenters. The highest BCUT2D eigenvalue weighted by Gasteiger charge is 2.30. The zero-order chi connectivity index (χ0) is 20.4. The fourth-order valence-electron chi connectivity index (χ4n) is 4.51. The van der Waals surface area contributed by atoms with Gasteiger partial charge in [-0.15, -0.1) is 0 Å². The number of anilines is 1. The molecule has 4 rings (SSSR count). The van der Waals surface area contributed by atoms with Gasteiger partial charge in [-0.2, -0.15) is 0 Å². The van der Waals surface area contributed by atoms with Crippen LogP contribution in [-0.4, -0.2) is 96.4 Å². The summed E-state index contributed by atoms with van der Waals surface area (Å²) in [6, 6.07) is 6.33. The van der Waals surface area contributed by atoms with Gasteiger partial charge in [-0.3, -0.25) is 19.4 Å². The number of piperazine rings is 2. The first-order valence-corrected chi connectivity index (χ1v) is 10.9. The number of amides is 2. The lowest BCUT2D eigenvalue weighted by Crippen LogP contribution is -2.56. The molecule has 3 aliphatic rings. The molecule has 0 aromatic heterocycles. The van der Waals surface area contributed by atoms with Crippen molar-refractivity contribution < 1.29 is 9.59 Å². The summed E-state index contributed by atoms with van der Waals surface area (Å²) in [4.78, 5) is 34.1. The Morgan fingerprint density at radius 2 is 1.62 bits per heavy atom. The number of nitrogens with two attached hydrogens (primary N) is 1. The van der Waals surface area contributed by atoms with Crippen LogP contribution in [0.4, 0.5) is 5.69 Å². The molecule has 3 fully saturated rings. The molecule has 158 valence electrons. The molecule has 1 aromatic carbocycles. The standard InChI is InChI=1S/C22H33N5O2/c1-17-5-6-20(23)19(15-17)22(29)27-9-7-24(8-10-27)16-21(28)26-13-11-25(12-14-26)18-3-2-4-18/h5-6,15,18H,2-4,7-14,16,23H2,1H3. The van der Waals surface area contributed by atoms with Crippen LogP contribution in [0.25, 0.3) is 0 Å². The van der Waals surface area contributed by atoms with E-state index in [-0.39, 0.29) is 11.8 Å². The Labute approximate surface area is 173 Å². The minimum absolute atomic E-state index is 0.00991. The monoisotopic (exact) mass is 399 g/mol. The van der Waals surface area contributed by atoms with Gasteiger partial charge in [-0.05, 0) is 31.9 Å². The van der Waals surface area contributed by atoms with Gasteiger partial charge in [0.1, 0.15) is 0 Å². The number of aryl methyl sites for hydroxylation is 1. The van der Waals surface area contributed by atoms with Crippen LogP contribution < -0.4 is 5.73 Å². The average molecular weight is 400 g/mol. The second-order valence-electron chi connectivity index (χ2n) is 8.66. The highest BCUT2D eigenvalue weighted by molar-refractivity contribution is 5.99. The molecule has 0 radical (unpaired) electrons. The van der Waals surface area contributed by atoms with E-state index in [1.807, 2.05) is 28.9 Å². The second kappa shape index (κ2) is 8.71. The maximum Gasteiger partial charge on any atom is 0.256 e. The Kier molecular flexibility index (Phi) is 6.06. The molecule has 0 bridgehead atoms. The number of hydrogen-bond acceptors (Lipinski definition) is 5. The van der Waals surface area contributed by atoms with Gasteiger partial charge in [0.25, 0.3) is 5.91 Å². The lowest BCUT2D eigenvalue weighted by molar-refractivity contribution is -0.135. The summed E-state index contributed by atoms with van der Waals surface area (Å²) < 4.78 is 0. The van der Waals surface area contributed by atoms with Gasteiger partial charge in [0, 0.05) is 64.1 Å². The highest BCUT2D eigenvalue weighted by atomic mass is 16.2. The van der Waals surface area contributed by atoms with E-state index in [9.17, 15) is 9.59 Å². The predicted molar refractivity (Wildman–Crippen MR) is 114 cm³/mol. The van der Waals surface area contributed by atoms with Crippen LogP contribution in [0.2, 0.25) is 0 Å². The van der Waals surface area contributed by atoms with E-state index in [2.05, 4.69) is 9.80 Å². The quantitative estimate of drug-likeness (QED) is 0.766. The van der Waals surface area contributed by atoms with E-state index >= 15 is 0 Å². The first-order chi connectivity index (χ1) is 14.0. The van der Waals surface area contributed by atoms with Gasteiger partial charge < -0.3 is 15.5 Å². The minimum atomic E-state index is -0.00991. The minimum Gasteiger partial charge on any atom is -0.398 e. The Hall–Kier alpha value is -2.12. The normalized spacial score (nSPS) is 21.8. The molecule has 1 saturated carbocycles. The Bertz CT molecular complexity index is 748. The lowest BCUT2D eigenvalue weighted by atomic mass is 9.91. The van der Waals surface area contributed by atoms with Crippen LogP contribution in [0.5, 0.6) is 0 Å². The SMILES string of the molecule is Cc1ccc(N)c(C(=O)N2CCN(CC(=O)N3CCN(C4CCC4)CC3)CC2)c1. The van der Waals surface area contributed by atoms with Crippen molar-refractivity contribution in [1.82, 2.24) is 19.6 Å². The van der Waals surface area contributed by atoms with E-state index in [1.165, 1.54) is 19.3 Å². The third-order valence-electron chi connectivity index (χ3n) is 6.72. The number of rotatable bonds is 4. The molecule has 2 aliphatic heterocycles. The van der Waals surface area contributed by atoms with Crippen molar-refractivity contribution in [3.8, 4) is 0 Å². The molecule has 29 heavy (non-hydrogen) atoms. The average Bonchev–Trinajstić information content (AvgIpc) is 2.69. The Morgan fingerprint density at radius 1 is 0.966 bits per heavy atom. The number of benzene rings is 1. The van der Waals surface area contributed by atoms with Crippen molar-refractivity contribution in [2.75, 3.05) is 64.6 Å². The van der Waals surface area contributed by atoms with Crippen LogP contribution in [0.1, 0.15) is 35.2 Å². The van der Waals surface area contributed by atoms with Gasteiger partial charge in [0.05, 0.1) is 12.1 Å². The van der Waals surface area contributed by atoms with E-state index < -0.39 is 0 Å². The van der Waals surface area contributed by atoms with Crippen LogP contribution >= 0.6 is 0 Å². The molecule has 2 heterocycles. The summed E-state index contributed by atoms with van der Waals surface area (Å²) in [7, 11) is 0. The van der Waals surface area contributed by atoms with Crippen molar-refractivity contribution in [3.05, 3.63) is 29.3 Å². The summed E-state index contributed by atoms with van der Waals surface area (Å²) in [6.45, 7) is 8.86. The van der Waals surface area contributed by atoms with E-state index in [4.69, 9.17) is 5.73 Å². The first kappa shape index (κ1) is 20.2. The summed E-state index contributed by atoms with van der Waals surface area (Å²) in [5, 5.41) is 0. The fraction of sp³-hybridized carbons (Fsp3) is 0.636. The van der Waals surface area contributed by atoms with Gasteiger partial charge in [-0.1, -0.05) is 18.1 Å². The number of hydrogen-bond donors (Lipinski definition) is 1. The molecular weight excluding hydrogens is 366 g/mol. The number of nitrogen functional groups attached to an aromatic ring is 1. The predicted octanol–water partition coefficient (Wildman–Crippen LogP) is 1.03. The van der Waals surface area contributed by atoms with Crippen molar-refractivity contribution in [2.24, 2.45) is 0 Å². The maximum atomic E-state index is 12.8. The van der Waals surface area contributed by atoms with Crippen LogP contribution in [-0.2, 0) is 4.79 Å². The van der Waals surface area contributed by atoms with E-state index in [1.54, 1.807) is 6.07 Å². The summed E-state index contributed by atoms with van der Waals surface area (Å²) in [5.41, 5.74) is 8.14. The van der Waals surface area contributed by atoms with E-state index in [0.29, 0.717) is 30.9 Å². The Balaban J connectivity index is 1.23. The zero-order valence-corrected chi connectivity index (χ0v) is 17.5. The smallest absolute Gasteiger partial charge is 0.256 e. The molecule has 2 saturated heterocycles. The molecule has 2 N–H and O–H groups in total. The molecule has 0 unspecified atom stereocenters. The third kappa shape index (κ3) is 4.56. The number of carbonyl (C=O) groups excluding carboxylic acids is 2. The molecular formula is C22H33N5O2. The van der Waals surface area contributed by atoms with Crippen LogP contribution in [0.3, 0.4) is 0 Å². The molecule has 2 amide bonds. The maximum absolute atomic E-state index is 12.8. The molecule has 0 spiro atoms. The van der Waals surface area contributed by atoms with Gasteiger partial charge in [-0.25, -0.2) is 0 Å². The number of nitrogens with zero attached hydrogens (tertiary/aromatic N) is 4. The van der Waals surface area contributed by atoms with E-state index in [0.717, 1.165) is 50.9 Å². The van der Waals surface area contributed by atoms with Crippen LogP contribution in [0.15, 0.2) is 18.2 Å². The van der Waals surface area contributed by atoms with Crippen molar-refractivity contribution >= 4 is 17.5 Å². The van der Waals surface area contributed by atoms with Crippen molar-refractivity contribution in [2.45, 2.75) is 32.2 Å². The van der Waals surface area contributed by atoms with Crippen molar-refractivity contribution in [3.63, 3.8) is 0 Å². The fourth-order valence-corrected chi connectivity index (χ4v) is 4.51. The molecule has 1 aromatic rings. The summed E-state index contributed by atoms with van der Waals surface area (Å²) >= 11 is 0. The molecule has 1 aliphatic carbocycles. The lowest BCUT2D eigenvalue weighted by Gasteiger charge is -2.43. The van der Waals surface area contributed by atoms with Crippen LogP contribution in [0, 0.1) is 6.92 Å². The summed E-state index contributed by atoms with van der Waals surface area (Å²) in [5.74, 6) is 0.213. The highest BCUT2D eigenvalue weighted by Crippen LogP contribution is 2.25. The second-order valence-corrected chi connectivity index (χ2v) is 8.66. The van der Waals surface area contributed by atoms with Crippen molar-refractivity contribution in [1.29, 1.82) is 0 Å². The zero-order valence-electron chi connectivity index (χ0n) is 17.5. The molecule has 7 nitrogen and oxygen atoms in total. The van der Waals surface area contributed by atoms with Gasteiger partial charge >= 0.3 is 0 Å². The largest absolute Gasteiger partial charge is 0.398 e.